The van der Waals surface area contributed by atoms with Crippen LogP contribution in [0.1, 0.15) is 31.2 Å². The maximum Gasteiger partial charge on any atom is 0.321 e. The number of nitrogens with one attached hydrogen (secondary N) is 2. The van der Waals surface area contributed by atoms with Gasteiger partial charge in [-0.3, -0.25) is 4.98 Å². The molecule has 1 aromatic heterocycles. The number of piperazine rings is 1. The van der Waals surface area contributed by atoms with E-state index in [9.17, 15) is 4.79 Å². The summed E-state index contributed by atoms with van der Waals surface area (Å²) in [7, 11) is 0. The van der Waals surface area contributed by atoms with Crippen LogP contribution in [0.2, 0.25) is 0 Å². The summed E-state index contributed by atoms with van der Waals surface area (Å²) in [6.07, 6.45) is 9.15. The molecule has 3 rings (SSSR count). The Kier molecular flexibility index (Phi) is 8.12. The van der Waals surface area contributed by atoms with E-state index in [4.69, 9.17) is 4.74 Å². The number of urea groups is 1. The van der Waals surface area contributed by atoms with Crippen molar-refractivity contribution in [2.75, 3.05) is 38.1 Å². The van der Waals surface area contributed by atoms with Crippen LogP contribution in [0.15, 0.2) is 48.8 Å². The number of aromatic nitrogens is 1. The minimum absolute atomic E-state index is 0.0113. The van der Waals surface area contributed by atoms with Crippen molar-refractivity contribution in [1.82, 2.24) is 15.2 Å². The number of benzene rings is 1. The number of rotatable bonds is 9. The summed E-state index contributed by atoms with van der Waals surface area (Å²) in [5.74, 6) is 0.839. The summed E-state index contributed by atoms with van der Waals surface area (Å²) in [6.45, 7) is 3.99. The number of hydrogen-bond acceptors (Lipinski definition) is 4. The van der Waals surface area contributed by atoms with E-state index in [1.54, 1.807) is 12.4 Å². The normalized spacial score (nSPS) is 13.9. The van der Waals surface area contributed by atoms with Gasteiger partial charge in [-0.25, -0.2) is 4.79 Å². The molecule has 0 spiro atoms. The van der Waals surface area contributed by atoms with Crippen LogP contribution in [0.3, 0.4) is 0 Å². The fraction of sp³-hybridized carbons (Fsp3) is 0.455. The molecule has 0 aliphatic carbocycles. The van der Waals surface area contributed by atoms with Crippen LogP contribution in [-0.2, 0) is 6.42 Å². The Morgan fingerprint density at radius 3 is 2.61 bits per heavy atom. The summed E-state index contributed by atoms with van der Waals surface area (Å²) in [5.41, 5.74) is 2.17. The van der Waals surface area contributed by atoms with Crippen LogP contribution < -0.4 is 15.4 Å². The summed E-state index contributed by atoms with van der Waals surface area (Å²) in [5, 5.41) is 6.24. The smallest absolute Gasteiger partial charge is 0.321 e. The highest BCUT2D eigenvalue weighted by molar-refractivity contribution is 5.89. The predicted octanol–water partition coefficient (Wildman–Crippen LogP) is 3.70. The first kappa shape index (κ1) is 20.1. The first-order valence-electron chi connectivity index (χ1n) is 10.2. The van der Waals surface area contributed by atoms with Gasteiger partial charge in [-0.15, -0.1) is 0 Å². The van der Waals surface area contributed by atoms with Gasteiger partial charge < -0.3 is 20.3 Å². The zero-order valence-corrected chi connectivity index (χ0v) is 16.4. The minimum atomic E-state index is -0.0113. The highest BCUT2D eigenvalue weighted by atomic mass is 16.5. The number of aryl methyl sites for hydroxylation is 1. The standard InChI is InChI=1S/C22H30N4O2/c27-22(26-15-13-23-14-16-26)25-20-10-8-19(9-11-20)6-3-1-2-4-17-28-21-7-5-12-24-18-21/h5,7-12,18,23H,1-4,6,13-17H2,(H,25,27). The second kappa shape index (κ2) is 11.3. The SMILES string of the molecule is O=C(Nc1ccc(CCCCCCOc2cccnc2)cc1)N1CCNCC1. The van der Waals surface area contributed by atoms with Crippen molar-refractivity contribution in [2.24, 2.45) is 0 Å². The molecule has 1 fully saturated rings. The second-order valence-electron chi connectivity index (χ2n) is 7.07. The van der Waals surface area contributed by atoms with Crippen molar-refractivity contribution in [3.05, 3.63) is 54.4 Å². The Morgan fingerprint density at radius 2 is 1.86 bits per heavy atom. The molecule has 28 heavy (non-hydrogen) atoms. The first-order chi connectivity index (χ1) is 13.8. The molecule has 1 aromatic carbocycles. The van der Waals surface area contributed by atoms with Gasteiger partial charge in [-0.2, -0.15) is 0 Å². The van der Waals surface area contributed by atoms with Crippen LogP contribution in [-0.4, -0.2) is 48.7 Å². The lowest BCUT2D eigenvalue weighted by Crippen LogP contribution is -2.48. The highest BCUT2D eigenvalue weighted by Gasteiger charge is 2.15. The van der Waals surface area contributed by atoms with Gasteiger partial charge in [0, 0.05) is 38.1 Å². The molecule has 1 aliphatic rings. The van der Waals surface area contributed by atoms with Crippen LogP contribution in [0.5, 0.6) is 5.75 Å². The fourth-order valence-electron chi connectivity index (χ4n) is 3.23. The molecular weight excluding hydrogens is 352 g/mol. The predicted molar refractivity (Wildman–Crippen MR) is 112 cm³/mol. The summed E-state index contributed by atoms with van der Waals surface area (Å²) in [6, 6.07) is 12.0. The molecule has 6 nitrogen and oxygen atoms in total. The zero-order valence-electron chi connectivity index (χ0n) is 16.4. The van der Waals surface area contributed by atoms with Crippen LogP contribution in [0.25, 0.3) is 0 Å². The summed E-state index contributed by atoms with van der Waals surface area (Å²) >= 11 is 0. The fourth-order valence-corrected chi connectivity index (χ4v) is 3.23. The summed E-state index contributed by atoms with van der Waals surface area (Å²) in [4.78, 5) is 18.1. The van der Waals surface area contributed by atoms with Gasteiger partial charge in [0.2, 0.25) is 0 Å². The Hall–Kier alpha value is -2.60. The van der Waals surface area contributed by atoms with E-state index in [1.165, 1.54) is 24.8 Å². The van der Waals surface area contributed by atoms with Gasteiger partial charge in [0.05, 0.1) is 12.8 Å². The molecule has 2 N–H and O–H groups in total. The lowest BCUT2D eigenvalue weighted by molar-refractivity contribution is 0.204. The second-order valence-corrected chi connectivity index (χ2v) is 7.07. The molecule has 0 atom stereocenters. The van der Waals surface area contributed by atoms with E-state index < -0.39 is 0 Å². The lowest BCUT2D eigenvalue weighted by atomic mass is 10.1. The molecule has 0 saturated carbocycles. The summed E-state index contributed by atoms with van der Waals surface area (Å²) < 4.78 is 5.66. The van der Waals surface area contributed by atoms with Crippen molar-refractivity contribution in [3.8, 4) is 5.75 Å². The largest absolute Gasteiger partial charge is 0.492 e. The van der Waals surface area contributed by atoms with E-state index in [-0.39, 0.29) is 6.03 Å². The van der Waals surface area contributed by atoms with Crippen molar-refractivity contribution in [1.29, 1.82) is 0 Å². The molecule has 6 heteroatoms. The number of unbranched alkanes of at least 4 members (excludes halogenated alkanes) is 3. The molecule has 1 saturated heterocycles. The van der Waals surface area contributed by atoms with Crippen LogP contribution >= 0.6 is 0 Å². The number of carbonyl (C=O) groups excluding carboxylic acids is 1. The van der Waals surface area contributed by atoms with Crippen molar-refractivity contribution in [2.45, 2.75) is 32.1 Å². The number of ether oxygens (including phenoxy) is 1. The molecule has 2 heterocycles. The van der Waals surface area contributed by atoms with Crippen molar-refractivity contribution >= 4 is 11.7 Å². The van der Waals surface area contributed by atoms with Gasteiger partial charge in [0.15, 0.2) is 0 Å². The Balaban J connectivity index is 1.27. The molecular formula is C22H30N4O2. The minimum Gasteiger partial charge on any atom is -0.492 e. The molecule has 2 amide bonds. The molecule has 0 bridgehead atoms. The van der Waals surface area contributed by atoms with Gasteiger partial charge in [0.1, 0.15) is 5.75 Å². The number of amides is 2. The van der Waals surface area contributed by atoms with Gasteiger partial charge >= 0.3 is 6.03 Å². The van der Waals surface area contributed by atoms with Gasteiger partial charge in [-0.05, 0) is 49.1 Å². The van der Waals surface area contributed by atoms with E-state index in [0.29, 0.717) is 0 Å². The number of carbonyl (C=O) groups is 1. The average Bonchev–Trinajstić information content (AvgIpc) is 2.75. The maximum atomic E-state index is 12.2. The van der Waals surface area contributed by atoms with Crippen molar-refractivity contribution in [3.63, 3.8) is 0 Å². The topological polar surface area (TPSA) is 66.5 Å². The maximum absolute atomic E-state index is 12.2. The Bertz CT molecular complexity index is 700. The first-order valence-corrected chi connectivity index (χ1v) is 10.2. The molecule has 150 valence electrons. The van der Waals surface area contributed by atoms with E-state index in [1.807, 2.05) is 29.2 Å². The van der Waals surface area contributed by atoms with E-state index in [2.05, 4.69) is 27.8 Å². The van der Waals surface area contributed by atoms with Crippen LogP contribution in [0, 0.1) is 0 Å². The highest BCUT2D eigenvalue weighted by Crippen LogP contribution is 2.14. The third kappa shape index (κ3) is 6.85. The number of anilines is 1. The van der Waals surface area contributed by atoms with Crippen LogP contribution in [0.4, 0.5) is 10.5 Å². The lowest BCUT2D eigenvalue weighted by Gasteiger charge is -2.27. The van der Waals surface area contributed by atoms with E-state index >= 15 is 0 Å². The molecule has 0 unspecified atom stereocenters. The average molecular weight is 383 g/mol. The third-order valence-electron chi connectivity index (χ3n) is 4.87. The Labute approximate surface area is 167 Å². The van der Waals surface area contributed by atoms with Gasteiger partial charge in [-0.1, -0.05) is 25.0 Å². The molecule has 1 aliphatic heterocycles. The third-order valence-corrected chi connectivity index (χ3v) is 4.87. The van der Waals surface area contributed by atoms with E-state index in [0.717, 1.165) is 57.1 Å². The quantitative estimate of drug-likeness (QED) is 0.649. The monoisotopic (exact) mass is 382 g/mol. The number of hydrogen-bond donors (Lipinski definition) is 2. The van der Waals surface area contributed by atoms with Gasteiger partial charge in [0.25, 0.3) is 0 Å². The number of pyridine rings is 1. The number of nitrogens with zero attached hydrogens (tertiary/aromatic N) is 2. The molecule has 2 aromatic rings. The Morgan fingerprint density at radius 1 is 1.07 bits per heavy atom. The van der Waals surface area contributed by atoms with Crippen molar-refractivity contribution < 1.29 is 9.53 Å². The zero-order chi connectivity index (χ0) is 19.4. The molecule has 0 radical (unpaired) electrons.